The summed E-state index contributed by atoms with van der Waals surface area (Å²) in [5.41, 5.74) is 2.23. The zero-order valence-electron chi connectivity index (χ0n) is 7.97. The monoisotopic (exact) mass is 185 g/mol. The Kier molecular flexibility index (Phi) is 2.45. The minimum atomic E-state index is 0.867. The third kappa shape index (κ3) is 1.74. The lowest BCUT2D eigenvalue weighted by atomic mass is 10.1. The van der Waals surface area contributed by atoms with Crippen molar-refractivity contribution in [2.24, 2.45) is 0 Å². The molecule has 14 heavy (non-hydrogen) atoms. The Morgan fingerprint density at radius 1 is 1.07 bits per heavy atom. The first kappa shape index (κ1) is 8.75. The van der Waals surface area contributed by atoms with Crippen molar-refractivity contribution < 1.29 is 4.74 Å². The first-order valence-corrected chi connectivity index (χ1v) is 4.44. The van der Waals surface area contributed by atoms with E-state index in [9.17, 15) is 0 Å². The molecule has 0 unspecified atom stereocenters. The summed E-state index contributed by atoms with van der Waals surface area (Å²) in [6.07, 6.45) is 3.61. The Labute approximate surface area is 83.2 Å². The lowest BCUT2D eigenvalue weighted by molar-refractivity contribution is 0.415. The highest BCUT2D eigenvalue weighted by Gasteiger charge is 1.97. The van der Waals surface area contributed by atoms with Crippen LogP contribution in [0.25, 0.3) is 11.1 Å². The molecule has 0 spiro atoms. The van der Waals surface area contributed by atoms with Gasteiger partial charge in [-0.2, -0.15) is 0 Å². The van der Waals surface area contributed by atoms with Gasteiger partial charge in [-0.25, -0.2) is 0 Å². The van der Waals surface area contributed by atoms with Gasteiger partial charge < -0.3 is 4.74 Å². The van der Waals surface area contributed by atoms with Crippen molar-refractivity contribution in [3.63, 3.8) is 0 Å². The molecule has 0 aliphatic rings. The number of aromatic nitrogens is 1. The van der Waals surface area contributed by atoms with E-state index in [1.54, 1.807) is 13.3 Å². The molecule has 0 amide bonds. The fraction of sp³-hybridized carbons (Fsp3) is 0.0833. The third-order valence-electron chi connectivity index (χ3n) is 2.06. The minimum absolute atomic E-state index is 0.867. The Morgan fingerprint density at radius 3 is 2.64 bits per heavy atom. The smallest absolute Gasteiger partial charge is 0.119 e. The maximum Gasteiger partial charge on any atom is 0.119 e. The second kappa shape index (κ2) is 3.92. The van der Waals surface area contributed by atoms with E-state index in [1.807, 2.05) is 42.6 Å². The number of hydrogen-bond acceptors (Lipinski definition) is 2. The molecule has 1 aromatic heterocycles. The fourth-order valence-electron chi connectivity index (χ4n) is 1.34. The molecule has 0 aliphatic heterocycles. The SMILES string of the molecule is COc1cccc(-c2cccnc2)c1. The van der Waals surface area contributed by atoms with E-state index in [1.165, 1.54) is 0 Å². The number of pyridine rings is 1. The fourth-order valence-corrected chi connectivity index (χ4v) is 1.34. The third-order valence-corrected chi connectivity index (χ3v) is 2.06. The van der Waals surface area contributed by atoms with Crippen LogP contribution in [0.1, 0.15) is 0 Å². The summed E-state index contributed by atoms with van der Waals surface area (Å²) in [7, 11) is 1.67. The molecule has 2 aromatic rings. The van der Waals surface area contributed by atoms with Gasteiger partial charge in [0.25, 0.3) is 0 Å². The highest BCUT2D eigenvalue weighted by molar-refractivity contribution is 5.63. The average molecular weight is 185 g/mol. The quantitative estimate of drug-likeness (QED) is 0.717. The van der Waals surface area contributed by atoms with Crippen molar-refractivity contribution in [2.45, 2.75) is 0 Å². The van der Waals surface area contributed by atoms with Crippen molar-refractivity contribution >= 4 is 0 Å². The summed E-state index contributed by atoms with van der Waals surface area (Å²) in [6, 6.07) is 11.9. The van der Waals surface area contributed by atoms with Crippen LogP contribution in [0.2, 0.25) is 0 Å². The molecule has 2 rings (SSSR count). The predicted molar refractivity (Wildman–Crippen MR) is 56.2 cm³/mol. The summed E-state index contributed by atoms with van der Waals surface area (Å²) in [5, 5.41) is 0. The van der Waals surface area contributed by atoms with Crippen LogP contribution in [-0.4, -0.2) is 12.1 Å². The lowest BCUT2D eigenvalue weighted by Gasteiger charge is -2.03. The molecule has 0 radical (unpaired) electrons. The molecular formula is C12H11NO. The highest BCUT2D eigenvalue weighted by Crippen LogP contribution is 2.22. The van der Waals surface area contributed by atoms with Crippen LogP contribution >= 0.6 is 0 Å². The molecule has 2 heteroatoms. The summed E-state index contributed by atoms with van der Waals surface area (Å²) in [6.45, 7) is 0. The van der Waals surface area contributed by atoms with E-state index in [0.717, 1.165) is 16.9 Å². The van der Waals surface area contributed by atoms with Gasteiger partial charge in [0.2, 0.25) is 0 Å². The van der Waals surface area contributed by atoms with E-state index in [4.69, 9.17) is 4.74 Å². The number of ether oxygens (including phenoxy) is 1. The first-order chi connectivity index (χ1) is 6.90. The second-order valence-corrected chi connectivity index (χ2v) is 2.97. The number of methoxy groups -OCH3 is 1. The molecule has 0 bridgehead atoms. The Bertz CT molecular complexity index is 412. The van der Waals surface area contributed by atoms with Crippen LogP contribution in [0, 0.1) is 0 Å². The van der Waals surface area contributed by atoms with Crippen LogP contribution in [0.15, 0.2) is 48.8 Å². The Balaban J connectivity index is 2.42. The molecule has 70 valence electrons. The minimum Gasteiger partial charge on any atom is -0.497 e. The van der Waals surface area contributed by atoms with Gasteiger partial charge >= 0.3 is 0 Å². The van der Waals surface area contributed by atoms with Gasteiger partial charge in [0.15, 0.2) is 0 Å². The summed E-state index contributed by atoms with van der Waals surface area (Å²) in [4.78, 5) is 4.08. The van der Waals surface area contributed by atoms with Crippen molar-refractivity contribution in [2.75, 3.05) is 7.11 Å². The molecule has 0 aliphatic carbocycles. The van der Waals surface area contributed by atoms with Gasteiger partial charge in [-0.15, -0.1) is 0 Å². The molecule has 0 fully saturated rings. The molecule has 1 heterocycles. The Hall–Kier alpha value is -1.83. The van der Waals surface area contributed by atoms with Crippen molar-refractivity contribution in [1.82, 2.24) is 4.98 Å². The maximum absolute atomic E-state index is 5.16. The number of benzene rings is 1. The molecule has 2 nitrogen and oxygen atoms in total. The van der Waals surface area contributed by atoms with E-state index < -0.39 is 0 Å². The lowest BCUT2D eigenvalue weighted by Crippen LogP contribution is -1.83. The summed E-state index contributed by atoms with van der Waals surface area (Å²) >= 11 is 0. The van der Waals surface area contributed by atoms with Gasteiger partial charge in [0.1, 0.15) is 5.75 Å². The van der Waals surface area contributed by atoms with E-state index >= 15 is 0 Å². The van der Waals surface area contributed by atoms with E-state index in [2.05, 4.69) is 4.98 Å². The van der Waals surface area contributed by atoms with Crippen molar-refractivity contribution in [3.05, 3.63) is 48.8 Å². The maximum atomic E-state index is 5.16. The van der Waals surface area contributed by atoms with E-state index in [-0.39, 0.29) is 0 Å². The summed E-state index contributed by atoms with van der Waals surface area (Å²) < 4.78 is 5.16. The molecular weight excluding hydrogens is 174 g/mol. The summed E-state index contributed by atoms with van der Waals surface area (Å²) in [5.74, 6) is 0.867. The van der Waals surface area contributed by atoms with Crippen LogP contribution in [-0.2, 0) is 0 Å². The topological polar surface area (TPSA) is 22.1 Å². The van der Waals surface area contributed by atoms with Crippen LogP contribution < -0.4 is 4.74 Å². The van der Waals surface area contributed by atoms with Crippen molar-refractivity contribution in [3.8, 4) is 16.9 Å². The normalized spacial score (nSPS) is 9.79. The standard InChI is InChI=1S/C12H11NO/c1-14-12-6-2-4-10(8-12)11-5-3-7-13-9-11/h2-9H,1H3. The number of rotatable bonds is 2. The van der Waals surface area contributed by atoms with Gasteiger partial charge in [0, 0.05) is 18.0 Å². The van der Waals surface area contributed by atoms with Gasteiger partial charge in [0.05, 0.1) is 7.11 Å². The number of nitrogens with zero attached hydrogens (tertiary/aromatic N) is 1. The molecule has 0 atom stereocenters. The van der Waals surface area contributed by atoms with Crippen LogP contribution in [0.3, 0.4) is 0 Å². The highest BCUT2D eigenvalue weighted by atomic mass is 16.5. The first-order valence-electron chi connectivity index (χ1n) is 4.44. The average Bonchev–Trinajstić information content (AvgIpc) is 2.30. The van der Waals surface area contributed by atoms with Crippen molar-refractivity contribution in [1.29, 1.82) is 0 Å². The zero-order chi connectivity index (χ0) is 9.80. The second-order valence-electron chi connectivity index (χ2n) is 2.97. The largest absolute Gasteiger partial charge is 0.497 e. The van der Waals surface area contributed by atoms with Gasteiger partial charge in [-0.3, -0.25) is 4.98 Å². The molecule has 0 N–H and O–H groups in total. The van der Waals surface area contributed by atoms with Gasteiger partial charge in [-0.05, 0) is 23.8 Å². The molecule has 1 aromatic carbocycles. The van der Waals surface area contributed by atoms with Gasteiger partial charge in [-0.1, -0.05) is 18.2 Å². The zero-order valence-corrected chi connectivity index (χ0v) is 7.97. The van der Waals surface area contributed by atoms with Crippen LogP contribution in [0.4, 0.5) is 0 Å². The number of hydrogen-bond donors (Lipinski definition) is 0. The van der Waals surface area contributed by atoms with Crippen LogP contribution in [0.5, 0.6) is 5.75 Å². The molecule has 0 saturated heterocycles. The Morgan fingerprint density at radius 2 is 1.93 bits per heavy atom. The van der Waals surface area contributed by atoms with E-state index in [0.29, 0.717) is 0 Å². The predicted octanol–water partition coefficient (Wildman–Crippen LogP) is 2.76. The molecule has 0 saturated carbocycles.